The number of rotatable bonds is 11. The molecule has 0 saturated heterocycles. The largest absolute Gasteiger partial charge is 0.259 e. The maximum absolute atomic E-state index is 9.97. The van der Waals surface area contributed by atoms with Gasteiger partial charge in [-0.15, -0.1) is 11.8 Å². The van der Waals surface area contributed by atoms with Crippen molar-refractivity contribution in [1.29, 1.82) is 0 Å². The van der Waals surface area contributed by atoms with Gasteiger partial charge < -0.3 is 0 Å². The quantitative estimate of drug-likeness (QED) is 0.303. The summed E-state index contributed by atoms with van der Waals surface area (Å²) in [6.45, 7) is 2.23. The predicted molar refractivity (Wildman–Crippen MR) is 71.2 cm³/mol. The Morgan fingerprint density at radius 1 is 1.06 bits per heavy atom. The van der Waals surface area contributed by atoms with Crippen LogP contribution >= 0.6 is 11.8 Å². The third-order valence-electron chi connectivity index (χ3n) is 2.39. The van der Waals surface area contributed by atoms with E-state index in [-0.39, 0.29) is 0 Å². The number of unbranched alkanes of at least 4 members (excludes halogenated alkanes) is 7. The molecule has 4 heteroatoms. The molecule has 0 unspecified atom stereocenters. The van der Waals surface area contributed by atoms with Gasteiger partial charge in [0.2, 0.25) is 6.20 Å². The van der Waals surface area contributed by atoms with E-state index in [9.17, 15) is 10.1 Å². The summed E-state index contributed by atoms with van der Waals surface area (Å²) in [6.07, 6.45) is 11.5. The number of hydrogen-bond donors (Lipinski definition) is 0. The molecule has 0 fully saturated rings. The van der Waals surface area contributed by atoms with Crippen molar-refractivity contribution in [2.24, 2.45) is 0 Å². The van der Waals surface area contributed by atoms with Crippen LogP contribution in [0.5, 0.6) is 0 Å². The Morgan fingerprint density at radius 3 is 2.19 bits per heavy atom. The normalized spacial score (nSPS) is 11.1. The van der Waals surface area contributed by atoms with E-state index < -0.39 is 4.92 Å². The standard InChI is InChI=1S/C12H23NO2S/c1-2-3-4-5-6-7-8-9-11-16-12-10-13(14)15/h10,12H,2-9,11H2,1H3. The highest BCUT2D eigenvalue weighted by molar-refractivity contribution is 8.02. The molecule has 0 aliphatic carbocycles. The Labute approximate surface area is 103 Å². The smallest absolute Gasteiger partial charge is 0.240 e. The van der Waals surface area contributed by atoms with Crippen LogP contribution in [0.15, 0.2) is 11.6 Å². The molecule has 0 aliphatic heterocycles. The summed E-state index contributed by atoms with van der Waals surface area (Å²) >= 11 is 1.53. The molecule has 16 heavy (non-hydrogen) atoms. The van der Waals surface area contributed by atoms with Crippen molar-refractivity contribution in [2.45, 2.75) is 58.3 Å². The average molecular weight is 245 g/mol. The number of nitrogens with zero attached hydrogens (tertiary/aromatic N) is 1. The molecule has 0 aromatic carbocycles. The number of hydrogen-bond acceptors (Lipinski definition) is 3. The van der Waals surface area contributed by atoms with E-state index in [1.165, 1.54) is 63.1 Å². The van der Waals surface area contributed by atoms with Crippen molar-refractivity contribution in [1.82, 2.24) is 0 Å². The van der Waals surface area contributed by atoms with Crippen LogP contribution in [0.2, 0.25) is 0 Å². The van der Waals surface area contributed by atoms with E-state index in [0.29, 0.717) is 0 Å². The second-order valence-corrected chi connectivity index (χ2v) is 4.93. The van der Waals surface area contributed by atoms with E-state index in [2.05, 4.69) is 6.92 Å². The van der Waals surface area contributed by atoms with E-state index in [4.69, 9.17) is 0 Å². The third kappa shape index (κ3) is 13.5. The van der Waals surface area contributed by atoms with Crippen LogP contribution in [-0.2, 0) is 0 Å². The molecule has 0 N–H and O–H groups in total. The molecule has 3 nitrogen and oxygen atoms in total. The molecule has 0 radical (unpaired) electrons. The van der Waals surface area contributed by atoms with Crippen LogP contribution in [0.3, 0.4) is 0 Å². The lowest BCUT2D eigenvalue weighted by molar-refractivity contribution is -0.402. The molecule has 0 saturated carbocycles. The van der Waals surface area contributed by atoms with Crippen molar-refractivity contribution >= 4 is 11.8 Å². The van der Waals surface area contributed by atoms with Gasteiger partial charge in [0.05, 0.1) is 4.92 Å². The van der Waals surface area contributed by atoms with Crippen molar-refractivity contribution in [3.05, 3.63) is 21.7 Å². The zero-order valence-electron chi connectivity index (χ0n) is 10.2. The van der Waals surface area contributed by atoms with Gasteiger partial charge in [0.25, 0.3) is 0 Å². The fourth-order valence-corrected chi connectivity index (χ4v) is 2.17. The molecule has 0 atom stereocenters. The van der Waals surface area contributed by atoms with Crippen LogP contribution in [0.25, 0.3) is 0 Å². The van der Waals surface area contributed by atoms with Crippen molar-refractivity contribution in [3.63, 3.8) is 0 Å². The second-order valence-electron chi connectivity index (χ2n) is 3.92. The molecule has 0 amide bonds. The molecule has 0 aromatic rings. The Kier molecular flexibility index (Phi) is 12.2. The van der Waals surface area contributed by atoms with Crippen LogP contribution in [0, 0.1) is 10.1 Å². The van der Waals surface area contributed by atoms with Gasteiger partial charge in [0.15, 0.2) is 0 Å². The van der Waals surface area contributed by atoms with Crippen LogP contribution < -0.4 is 0 Å². The molecular weight excluding hydrogens is 222 g/mol. The summed E-state index contributed by atoms with van der Waals surface area (Å²) in [5, 5.41) is 11.5. The number of thioether (sulfide) groups is 1. The lowest BCUT2D eigenvalue weighted by Gasteiger charge is -2.00. The summed E-state index contributed by atoms with van der Waals surface area (Å²) in [5.74, 6) is 0.999. The van der Waals surface area contributed by atoms with Gasteiger partial charge in [0, 0.05) is 5.41 Å². The van der Waals surface area contributed by atoms with Gasteiger partial charge in [-0.25, -0.2) is 0 Å². The predicted octanol–water partition coefficient (Wildman–Crippen LogP) is 4.61. The first-order chi connectivity index (χ1) is 7.77. The maximum Gasteiger partial charge on any atom is 0.240 e. The Balaban J connectivity index is 3.01. The van der Waals surface area contributed by atoms with Crippen molar-refractivity contribution in [3.8, 4) is 0 Å². The van der Waals surface area contributed by atoms with Crippen molar-refractivity contribution < 1.29 is 4.92 Å². The van der Waals surface area contributed by atoms with Gasteiger partial charge in [-0.05, 0) is 12.2 Å². The highest BCUT2D eigenvalue weighted by Crippen LogP contribution is 2.11. The highest BCUT2D eigenvalue weighted by Gasteiger charge is 1.92. The number of nitro groups is 1. The van der Waals surface area contributed by atoms with E-state index in [0.717, 1.165) is 12.0 Å². The molecule has 0 heterocycles. The maximum atomic E-state index is 9.97. The first kappa shape index (κ1) is 15.5. The van der Waals surface area contributed by atoms with Crippen LogP contribution in [-0.4, -0.2) is 10.7 Å². The molecule has 0 spiro atoms. The topological polar surface area (TPSA) is 43.1 Å². The summed E-state index contributed by atoms with van der Waals surface area (Å²) in [5.41, 5.74) is 0. The van der Waals surface area contributed by atoms with Crippen molar-refractivity contribution in [2.75, 3.05) is 5.75 Å². The minimum atomic E-state index is -0.416. The zero-order valence-corrected chi connectivity index (χ0v) is 11.0. The molecule has 0 bridgehead atoms. The third-order valence-corrected chi connectivity index (χ3v) is 3.23. The van der Waals surface area contributed by atoms with E-state index >= 15 is 0 Å². The minimum absolute atomic E-state index is 0.416. The molecule has 0 aliphatic rings. The fraction of sp³-hybridized carbons (Fsp3) is 0.833. The van der Waals surface area contributed by atoms with Crippen LogP contribution in [0.1, 0.15) is 58.3 Å². The van der Waals surface area contributed by atoms with E-state index in [1.54, 1.807) is 5.41 Å². The van der Waals surface area contributed by atoms with Gasteiger partial charge in [-0.3, -0.25) is 10.1 Å². The van der Waals surface area contributed by atoms with Gasteiger partial charge in [0.1, 0.15) is 0 Å². The van der Waals surface area contributed by atoms with Crippen LogP contribution in [0.4, 0.5) is 0 Å². The molecule has 0 rings (SSSR count). The first-order valence-corrected chi connectivity index (χ1v) is 7.24. The van der Waals surface area contributed by atoms with Gasteiger partial charge >= 0.3 is 0 Å². The molecular formula is C12H23NO2S. The summed E-state index contributed by atoms with van der Waals surface area (Å²) in [4.78, 5) is 9.55. The molecule has 94 valence electrons. The Morgan fingerprint density at radius 2 is 1.62 bits per heavy atom. The fourth-order valence-electron chi connectivity index (χ4n) is 1.48. The monoisotopic (exact) mass is 245 g/mol. The SMILES string of the molecule is CCCCCCCCCCSC=C[N+](=O)[O-]. The van der Waals surface area contributed by atoms with Gasteiger partial charge in [-0.2, -0.15) is 0 Å². The Bertz CT molecular complexity index is 195. The molecule has 0 aromatic heterocycles. The lowest BCUT2D eigenvalue weighted by atomic mass is 10.1. The summed E-state index contributed by atoms with van der Waals surface area (Å²) in [7, 11) is 0. The average Bonchev–Trinajstić information content (AvgIpc) is 2.25. The second kappa shape index (κ2) is 12.6. The zero-order chi connectivity index (χ0) is 12.1. The van der Waals surface area contributed by atoms with Gasteiger partial charge in [-0.1, -0.05) is 51.9 Å². The van der Waals surface area contributed by atoms with E-state index in [1.807, 2.05) is 0 Å². The first-order valence-electron chi connectivity index (χ1n) is 6.19. The Hall–Kier alpha value is -0.510. The summed E-state index contributed by atoms with van der Waals surface area (Å²) in [6, 6.07) is 0. The lowest BCUT2D eigenvalue weighted by Crippen LogP contribution is -1.83. The highest BCUT2D eigenvalue weighted by atomic mass is 32.2. The summed E-state index contributed by atoms with van der Waals surface area (Å²) < 4.78 is 0. The minimum Gasteiger partial charge on any atom is -0.259 e.